The number of carbonyl (C=O) groups excluding carboxylic acids is 1. The van der Waals surface area contributed by atoms with Gasteiger partial charge in [-0.25, -0.2) is 0 Å². The largest absolute Gasteiger partial charge is 0.508 e. The van der Waals surface area contributed by atoms with Crippen molar-refractivity contribution in [1.29, 1.82) is 0 Å². The first-order chi connectivity index (χ1) is 7.24. The van der Waals surface area contributed by atoms with Gasteiger partial charge in [-0.05, 0) is 17.7 Å². The molecule has 3 heteroatoms. The number of phenols is 1. The fourth-order valence-electron chi connectivity index (χ4n) is 1.82. The molecule has 1 aliphatic heterocycles. The summed E-state index contributed by atoms with van der Waals surface area (Å²) in [6, 6.07) is 7.24. The first kappa shape index (κ1) is 10.2. The van der Waals surface area contributed by atoms with Crippen molar-refractivity contribution >= 4 is 5.78 Å². The third-order valence-corrected chi connectivity index (χ3v) is 2.76. The zero-order chi connectivity index (χ0) is 10.7. The number of likely N-dealkylation sites (tertiary alicyclic amines) is 1. The molecule has 0 bridgehead atoms. The summed E-state index contributed by atoms with van der Waals surface area (Å²) in [6.07, 6.45) is 1.36. The second-order valence-corrected chi connectivity index (χ2v) is 3.98. The van der Waals surface area contributed by atoms with Crippen LogP contribution in [0, 0.1) is 0 Å². The second kappa shape index (κ2) is 4.45. The molecule has 1 aromatic carbocycles. The summed E-state index contributed by atoms with van der Waals surface area (Å²) in [6.45, 7) is 2.59. The Labute approximate surface area is 89.3 Å². The minimum Gasteiger partial charge on any atom is -0.508 e. The van der Waals surface area contributed by atoms with Gasteiger partial charge in [0.15, 0.2) is 0 Å². The molecule has 0 spiro atoms. The number of hydrogen-bond acceptors (Lipinski definition) is 3. The maximum absolute atomic E-state index is 11.0. The maximum atomic E-state index is 11.0. The van der Waals surface area contributed by atoms with Crippen molar-refractivity contribution in [3.8, 4) is 5.75 Å². The summed E-state index contributed by atoms with van der Waals surface area (Å²) in [5.41, 5.74) is 1.18. The molecule has 80 valence electrons. The number of carbonyl (C=O) groups is 1. The highest BCUT2D eigenvalue weighted by atomic mass is 16.3. The van der Waals surface area contributed by atoms with Crippen LogP contribution in [0.2, 0.25) is 0 Å². The lowest BCUT2D eigenvalue weighted by molar-refractivity contribution is -0.121. The lowest BCUT2D eigenvalue weighted by atomic mass is 10.1. The summed E-state index contributed by atoms with van der Waals surface area (Å²) in [5.74, 6) is 0.671. The van der Waals surface area contributed by atoms with Crippen LogP contribution in [-0.4, -0.2) is 28.9 Å². The van der Waals surface area contributed by atoms with Crippen molar-refractivity contribution in [2.75, 3.05) is 13.1 Å². The number of rotatable bonds is 2. The monoisotopic (exact) mass is 205 g/mol. The average molecular weight is 205 g/mol. The number of aromatic hydroxyl groups is 1. The summed E-state index contributed by atoms with van der Waals surface area (Å²) < 4.78 is 0. The van der Waals surface area contributed by atoms with E-state index in [1.165, 1.54) is 5.56 Å². The summed E-state index contributed by atoms with van der Waals surface area (Å²) >= 11 is 0. The van der Waals surface area contributed by atoms with Crippen LogP contribution < -0.4 is 0 Å². The fourth-order valence-corrected chi connectivity index (χ4v) is 1.82. The van der Waals surface area contributed by atoms with Crippen LogP contribution in [0.4, 0.5) is 0 Å². The predicted molar refractivity (Wildman–Crippen MR) is 57.6 cm³/mol. The Kier molecular flexibility index (Phi) is 3.02. The number of phenolic OH excluding ortho intramolecular Hbond substituents is 1. The fraction of sp³-hybridized carbons (Fsp3) is 0.417. The smallest absolute Gasteiger partial charge is 0.135 e. The van der Waals surface area contributed by atoms with Gasteiger partial charge in [-0.1, -0.05) is 12.1 Å². The van der Waals surface area contributed by atoms with Gasteiger partial charge >= 0.3 is 0 Å². The Hall–Kier alpha value is -1.35. The zero-order valence-electron chi connectivity index (χ0n) is 8.65. The standard InChI is InChI=1S/C12H15NO2/c14-11-3-1-10(2-4-11)9-13-7-5-12(15)6-8-13/h1-4,14H,5-9H2. The van der Waals surface area contributed by atoms with Crippen LogP contribution in [0.15, 0.2) is 24.3 Å². The van der Waals surface area contributed by atoms with E-state index in [2.05, 4.69) is 4.90 Å². The first-order valence-corrected chi connectivity index (χ1v) is 5.26. The molecule has 0 amide bonds. The van der Waals surface area contributed by atoms with E-state index in [4.69, 9.17) is 5.11 Å². The number of ketones is 1. The van der Waals surface area contributed by atoms with Crippen LogP contribution >= 0.6 is 0 Å². The molecule has 0 saturated carbocycles. The molecule has 0 atom stereocenters. The Morgan fingerprint density at radius 1 is 1.13 bits per heavy atom. The second-order valence-electron chi connectivity index (χ2n) is 3.98. The topological polar surface area (TPSA) is 40.5 Å². The molecule has 0 aromatic heterocycles. The van der Waals surface area contributed by atoms with E-state index in [1.54, 1.807) is 12.1 Å². The molecule has 2 rings (SSSR count). The molecule has 1 aliphatic rings. The normalized spacial score (nSPS) is 18.0. The van der Waals surface area contributed by atoms with E-state index in [0.29, 0.717) is 24.4 Å². The van der Waals surface area contributed by atoms with Gasteiger partial charge < -0.3 is 5.11 Å². The van der Waals surface area contributed by atoms with E-state index >= 15 is 0 Å². The van der Waals surface area contributed by atoms with E-state index in [9.17, 15) is 4.79 Å². The van der Waals surface area contributed by atoms with Crippen molar-refractivity contribution < 1.29 is 9.90 Å². The molecule has 1 saturated heterocycles. The van der Waals surface area contributed by atoms with Crippen LogP contribution in [-0.2, 0) is 11.3 Å². The molecule has 15 heavy (non-hydrogen) atoms. The Bertz CT molecular complexity index is 335. The number of benzene rings is 1. The van der Waals surface area contributed by atoms with Crippen molar-refractivity contribution in [2.45, 2.75) is 19.4 Å². The molecular formula is C12H15NO2. The summed E-state index contributed by atoms with van der Waals surface area (Å²) in [7, 11) is 0. The lowest BCUT2D eigenvalue weighted by Gasteiger charge is -2.25. The highest BCUT2D eigenvalue weighted by Gasteiger charge is 2.15. The first-order valence-electron chi connectivity index (χ1n) is 5.26. The van der Waals surface area contributed by atoms with Gasteiger partial charge in [-0.15, -0.1) is 0 Å². The maximum Gasteiger partial charge on any atom is 0.135 e. The zero-order valence-corrected chi connectivity index (χ0v) is 8.65. The Morgan fingerprint density at radius 2 is 1.73 bits per heavy atom. The third kappa shape index (κ3) is 2.80. The molecule has 0 aliphatic carbocycles. The van der Waals surface area contributed by atoms with Crippen molar-refractivity contribution in [3.63, 3.8) is 0 Å². The van der Waals surface area contributed by atoms with Crippen molar-refractivity contribution in [3.05, 3.63) is 29.8 Å². The highest BCUT2D eigenvalue weighted by molar-refractivity contribution is 5.79. The van der Waals surface area contributed by atoms with E-state index in [1.807, 2.05) is 12.1 Å². The Morgan fingerprint density at radius 3 is 2.33 bits per heavy atom. The van der Waals surface area contributed by atoms with E-state index in [-0.39, 0.29) is 0 Å². The minimum absolute atomic E-state index is 0.299. The third-order valence-electron chi connectivity index (χ3n) is 2.76. The van der Waals surface area contributed by atoms with Crippen LogP contribution in [0.5, 0.6) is 5.75 Å². The van der Waals surface area contributed by atoms with Gasteiger partial charge in [0.2, 0.25) is 0 Å². The molecule has 0 radical (unpaired) electrons. The van der Waals surface area contributed by atoms with Crippen molar-refractivity contribution in [2.24, 2.45) is 0 Å². The van der Waals surface area contributed by atoms with Crippen molar-refractivity contribution in [1.82, 2.24) is 4.90 Å². The van der Waals surface area contributed by atoms with Crippen LogP contribution in [0.25, 0.3) is 0 Å². The molecule has 0 unspecified atom stereocenters. The predicted octanol–water partition coefficient (Wildman–Crippen LogP) is 1.56. The van der Waals surface area contributed by atoms with Gasteiger partial charge in [0, 0.05) is 32.5 Å². The molecular weight excluding hydrogens is 190 g/mol. The number of piperidine rings is 1. The quantitative estimate of drug-likeness (QED) is 0.796. The highest BCUT2D eigenvalue weighted by Crippen LogP contribution is 2.14. The number of nitrogens with zero attached hydrogens (tertiary/aromatic N) is 1. The minimum atomic E-state index is 0.299. The molecule has 1 N–H and O–H groups in total. The SMILES string of the molecule is O=C1CCN(Cc2ccc(O)cc2)CC1. The molecule has 1 heterocycles. The van der Waals surface area contributed by atoms with Gasteiger partial charge in [0.1, 0.15) is 11.5 Å². The lowest BCUT2D eigenvalue weighted by Crippen LogP contribution is -2.33. The summed E-state index contributed by atoms with van der Waals surface area (Å²) in [5, 5.41) is 9.14. The van der Waals surface area contributed by atoms with Gasteiger partial charge in [0.05, 0.1) is 0 Å². The molecule has 3 nitrogen and oxygen atoms in total. The van der Waals surface area contributed by atoms with E-state index < -0.39 is 0 Å². The molecule has 1 aromatic rings. The number of Topliss-reactive ketones (excluding diaryl/α,β-unsaturated/α-hetero) is 1. The Balaban J connectivity index is 1.91. The van der Waals surface area contributed by atoms with Gasteiger partial charge in [0.25, 0.3) is 0 Å². The number of hydrogen-bond donors (Lipinski definition) is 1. The summed E-state index contributed by atoms with van der Waals surface area (Å²) in [4.78, 5) is 13.3. The average Bonchev–Trinajstić information content (AvgIpc) is 2.25. The van der Waals surface area contributed by atoms with Crippen LogP contribution in [0.3, 0.4) is 0 Å². The molecule has 1 fully saturated rings. The van der Waals surface area contributed by atoms with Crippen LogP contribution in [0.1, 0.15) is 18.4 Å². The van der Waals surface area contributed by atoms with Gasteiger partial charge in [-0.2, -0.15) is 0 Å². The van der Waals surface area contributed by atoms with Gasteiger partial charge in [-0.3, -0.25) is 9.69 Å². The van der Waals surface area contributed by atoms with E-state index in [0.717, 1.165) is 19.6 Å².